The molecule has 0 aromatic heterocycles. The van der Waals surface area contributed by atoms with E-state index >= 15 is 0 Å². The van der Waals surface area contributed by atoms with Gasteiger partial charge in [-0.3, -0.25) is 9.69 Å². The maximum Gasteiger partial charge on any atom is 0.267 e. The molecule has 1 amide bonds. The minimum Gasteiger partial charge on any atom is -0.493 e. The summed E-state index contributed by atoms with van der Waals surface area (Å²) in [5.41, 5.74) is 3.31. The Morgan fingerprint density at radius 2 is 1.84 bits per heavy atom. The van der Waals surface area contributed by atoms with Crippen molar-refractivity contribution in [2.45, 2.75) is 51.7 Å². The number of para-hydroxylation sites is 1. The summed E-state index contributed by atoms with van der Waals surface area (Å²) in [6, 6.07) is 20.3. The first-order valence-corrected chi connectivity index (χ1v) is 13.8. The Morgan fingerprint density at radius 1 is 1.03 bits per heavy atom. The summed E-state index contributed by atoms with van der Waals surface area (Å²) in [7, 11) is 1.60. The molecule has 5 nitrogen and oxygen atoms in total. The fourth-order valence-electron chi connectivity index (χ4n) is 4.88. The lowest BCUT2D eigenvalue weighted by molar-refractivity contribution is -0.124. The fraction of sp³-hybridized carbons (Fsp3) is 0.290. The van der Waals surface area contributed by atoms with Gasteiger partial charge in [-0.15, -0.1) is 0 Å². The maximum atomic E-state index is 14.4. The number of carbonyl (C=O) groups excluding carboxylic acids is 1. The van der Waals surface area contributed by atoms with E-state index in [1.807, 2.05) is 36.4 Å². The zero-order valence-electron chi connectivity index (χ0n) is 21.7. The minimum atomic E-state index is -0.403. The highest BCUT2D eigenvalue weighted by molar-refractivity contribution is 8.18. The summed E-state index contributed by atoms with van der Waals surface area (Å²) in [5.74, 6) is 0.731. The molecule has 1 aliphatic heterocycles. The number of carbonyl (C=O) groups is 1. The van der Waals surface area contributed by atoms with E-state index in [0.717, 1.165) is 36.8 Å². The van der Waals surface area contributed by atoms with Crippen LogP contribution in [0.4, 0.5) is 10.1 Å². The van der Waals surface area contributed by atoms with Gasteiger partial charge in [-0.05, 0) is 73.0 Å². The Morgan fingerprint density at radius 3 is 2.61 bits per heavy atom. The molecule has 1 aliphatic carbocycles. The Balaban J connectivity index is 1.41. The van der Waals surface area contributed by atoms with Gasteiger partial charge in [0.15, 0.2) is 16.7 Å². The second kappa shape index (κ2) is 11.9. The molecule has 38 heavy (non-hydrogen) atoms. The molecule has 0 spiro atoms. The molecule has 0 radical (unpaired) electrons. The van der Waals surface area contributed by atoms with Crippen LogP contribution < -0.4 is 9.47 Å². The second-order valence-electron chi connectivity index (χ2n) is 9.61. The van der Waals surface area contributed by atoms with Gasteiger partial charge in [0, 0.05) is 6.04 Å². The van der Waals surface area contributed by atoms with Crippen LogP contribution in [0.5, 0.6) is 11.5 Å². The number of methoxy groups -OCH3 is 1. The highest BCUT2D eigenvalue weighted by Gasteiger charge is 2.38. The molecule has 1 saturated carbocycles. The summed E-state index contributed by atoms with van der Waals surface area (Å²) in [4.78, 5) is 20.5. The number of amidine groups is 1. The quantitative estimate of drug-likeness (QED) is 0.294. The molecule has 1 heterocycles. The molecule has 0 N–H and O–H groups in total. The molecule has 0 unspecified atom stereocenters. The molecule has 196 valence electrons. The van der Waals surface area contributed by atoms with Gasteiger partial charge in [-0.2, -0.15) is 0 Å². The van der Waals surface area contributed by atoms with Crippen LogP contribution in [0.1, 0.15) is 48.8 Å². The lowest BCUT2D eigenvalue weighted by atomic mass is 9.94. The SMILES string of the molecule is COc1cc(/C=C2\SC(=Nc3ccccc3F)N(C3CCCCC3)C2=O)ccc1OCc1cccc(C)c1. The first kappa shape index (κ1) is 26.0. The van der Waals surface area contributed by atoms with E-state index in [4.69, 9.17) is 9.47 Å². The number of benzene rings is 3. The fourth-order valence-corrected chi connectivity index (χ4v) is 5.93. The number of amides is 1. The van der Waals surface area contributed by atoms with Gasteiger partial charge in [-0.1, -0.05) is 67.3 Å². The molecule has 0 atom stereocenters. The molecular weight excluding hydrogens is 499 g/mol. The average molecular weight is 531 g/mol. The number of nitrogens with zero attached hydrogens (tertiary/aromatic N) is 2. The van der Waals surface area contributed by atoms with E-state index in [2.05, 4.69) is 24.0 Å². The van der Waals surface area contributed by atoms with E-state index < -0.39 is 5.82 Å². The predicted molar refractivity (Wildman–Crippen MR) is 151 cm³/mol. The van der Waals surface area contributed by atoms with Gasteiger partial charge in [0.1, 0.15) is 18.1 Å². The van der Waals surface area contributed by atoms with Crippen molar-refractivity contribution in [2.75, 3.05) is 7.11 Å². The summed E-state index contributed by atoms with van der Waals surface area (Å²) in [5, 5.41) is 0.531. The first-order valence-electron chi connectivity index (χ1n) is 12.9. The highest BCUT2D eigenvalue weighted by Crippen LogP contribution is 2.39. The van der Waals surface area contributed by atoms with Crippen molar-refractivity contribution in [1.82, 2.24) is 4.90 Å². The van der Waals surface area contributed by atoms with Gasteiger partial charge < -0.3 is 9.47 Å². The molecule has 0 bridgehead atoms. The number of aryl methyl sites for hydroxylation is 1. The molecule has 2 fully saturated rings. The average Bonchev–Trinajstić information content (AvgIpc) is 3.23. The second-order valence-corrected chi connectivity index (χ2v) is 10.6. The van der Waals surface area contributed by atoms with Crippen molar-refractivity contribution in [3.05, 3.63) is 94.1 Å². The van der Waals surface area contributed by atoms with E-state index in [-0.39, 0.29) is 17.6 Å². The number of thioether (sulfide) groups is 1. The van der Waals surface area contributed by atoms with Gasteiger partial charge >= 0.3 is 0 Å². The summed E-state index contributed by atoms with van der Waals surface area (Å²) in [6.45, 7) is 2.48. The third-order valence-electron chi connectivity index (χ3n) is 6.81. The molecule has 3 aromatic carbocycles. The molecule has 2 aliphatic rings. The van der Waals surface area contributed by atoms with Gasteiger partial charge in [0.05, 0.1) is 12.0 Å². The lowest BCUT2D eigenvalue weighted by Gasteiger charge is -2.30. The van der Waals surface area contributed by atoms with Crippen molar-refractivity contribution in [3.8, 4) is 11.5 Å². The van der Waals surface area contributed by atoms with Crippen LogP contribution in [0.3, 0.4) is 0 Å². The van der Waals surface area contributed by atoms with Crippen LogP contribution in [0.15, 0.2) is 76.6 Å². The van der Waals surface area contributed by atoms with E-state index in [1.165, 1.54) is 29.8 Å². The van der Waals surface area contributed by atoms with Crippen molar-refractivity contribution in [3.63, 3.8) is 0 Å². The topological polar surface area (TPSA) is 51.1 Å². The number of halogens is 1. The number of aliphatic imine (C=N–C) groups is 1. The van der Waals surface area contributed by atoms with Crippen LogP contribution >= 0.6 is 11.8 Å². The zero-order chi connectivity index (χ0) is 26.5. The van der Waals surface area contributed by atoms with Crippen molar-refractivity contribution < 1.29 is 18.7 Å². The van der Waals surface area contributed by atoms with Gasteiger partial charge in [0.25, 0.3) is 5.91 Å². The van der Waals surface area contributed by atoms with Crippen molar-refractivity contribution in [2.24, 2.45) is 4.99 Å². The predicted octanol–water partition coefficient (Wildman–Crippen LogP) is 7.66. The maximum absolute atomic E-state index is 14.4. The van der Waals surface area contributed by atoms with Crippen LogP contribution in [-0.4, -0.2) is 29.1 Å². The monoisotopic (exact) mass is 530 g/mol. The summed E-state index contributed by atoms with van der Waals surface area (Å²) >= 11 is 1.29. The summed E-state index contributed by atoms with van der Waals surface area (Å²) in [6.07, 6.45) is 7.03. The van der Waals surface area contributed by atoms with Crippen LogP contribution in [0, 0.1) is 12.7 Å². The number of hydrogen-bond donors (Lipinski definition) is 0. The number of rotatable bonds is 7. The van der Waals surface area contributed by atoms with Crippen LogP contribution in [0.2, 0.25) is 0 Å². The standard InChI is InChI=1S/C31H31FN2O3S/c1-21-9-8-10-23(17-21)20-37-27-16-15-22(18-28(27)36-2)19-29-30(35)34(24-11-4-3-5-12-24)31(38-29)33-26-14-7-6-13-25(26)32/h6-10,13-19,24H,3-5,11-12,20H2,1-2H3/b29-19-,33-31?. The van der Waals surface area contributed by atoms with E-state index in [1.54, 1.807) is 30.2 Å². The van der Waals surface area contributed by atoms with Crippen molar-refractivity contribution >= 4 is 34.6 Å². The van der Waals surface area contributed by atoms with Crippen molar-refractivity contribution in [1.29, 1.82) is 0 Å². The smallest absolute Gasteiger partial charge is 0.267 e. The lowest BCUT2D eigenvalue weighted by Crippen LogP contribution is -2.40. The third-order valence-corrected chi connectivity index (χ3v) is 7.79. The molecular formula is C31H31FN2O3S. The number of hydrogen-bond acceptors (Lipinski definition) is 5. The molecule has 3 aromatic rings. The normalized spacial score (nSPS) is 18.4. The van der Waals surface area contributed by atoms with Crippen LogP contribution in [-0.2, 0) is 11.4 Å². The largest absolute Gasteiger partial charge is 0.493 e. The first-order chi connectivity index (χ1) is 18.5. The van der Waals surface area contributed by atoms with Gasteiger partial charge in [-0.25, -0.2) is 9.38 Å². The van der Waals surface area contributed by atoms with Gasteiger partial charge in [0.2, 0.25) is 0 Å². The third kappa shape index (κ3) is 5.94. The van der Waals surface area contributed by atoms with E-state index in [0.29, 0.717) is 28.2 Å². The molecule has 7 heteroatoms. The Labute approximate surface area is 227 Å². The highest BCUT2D eigenvalue weighted by atomic mass is 32.2. The summed E-state index contributed by atoms with van der Waals surface area (Å²) < 4.78 is 26.0. The molecule has 5 rings (SSSR count). The Bertz CT molecular complexity index is 1380. The Hall–Kier alpha value is -3.58. The zero-order valence-corrected chi connectivity index (χ0v) is 22.5. The van der Waals surface area contributed by atoms with E-state index in [9.17, 15) is 9.18 Å². The minimum absolute atomic E-state index is 0.0760. The number of ether oxygens (including phenoxy) is 2. The van der Waals surface area contributed by atoms with Crippen LogP contribution in [0.25, 0.3) is 6.08 Å². The Kier molecular flexibility index (Phi) is 8.13. The molecule has 1 saturated heterocycles.